The van der Waals surface area contributed by atoms with Crippen molar-refractivity contribution in [3.63, 3.8) is 0 Å². The van der Waals surface area contributed by atoms with Crippen LogP contribution in [-0.4, -0.2) is 26.2 Å². The van der Waals surface area contributed by atoms with Crippen LogP contribution in [0.1, 0.15) is 36.7 Å². The second-order valence-corrected chi connectivity index (χ2v) is 3.63. The van der Waals surface area contributed by atoms with Crippen LogP contribution in [0.3, 0.4) is 0 Å². The van der Waals surface area contributed by atoms with Crippen molar-refractivity contribution in [1.29, 1.82) is 0 Å². The Hall–Kier alpha value is -0.520. The molecule has 1 atom stereocenters. The molecule has 1 heterocycles. The molecular formula is C7H12N2O2S. The zero-order valence-corrected chi connectivity index (χ0v) is 7.88. The molecule has 2 N–H and O–H groups in total. The van der Waals surface area contributed by atoms with Crippen molar-refractivity contribution >= 4 is 11.5 Å². The summed E-state index contributed by atoms with van der Waals surface area (Å²) in [6.07, 6.45) is -0.936. The van der Waals surface area contributed by atoms with E-state index < -0.39 is 6.10 Å². The molecule has 5 heteroatoms. The lowest BCUT2D eigenvalue weighted by Gasteiger charge is -1.99. The van der Waals surface area contributed by atoms with Gasteiger partial charge in [-0.05, 0) is 11.5 Å². The molecule has 0 saturated heterocycles. The second kappa shape index (κ2) is 3.93. The van der Waals surface area contributed by atoms with Crippen LogP contribution in [-0.2, 0) is 0 Å². The number of aliphatic hydroxyl groups excluding tert-OH is 2. The van der Waals surface area contributed by atoms with E-state index in [4.69, 9.17) is 10.2 Å². The van der Waals surface area contributed by atoms with E-state index in [1.165, 1.54) is 11.5 Å². The van der Waals surface area contributed by atoms with Gasteiger partial charge in [0.1, 0.15) is 11.1 Å². The second-order valence-electron chi connectivity index (χ2n) is 2.84. The minimum Gasteiger partial charge on any atom is -0.393 e. The number of aliphatic hydroxyl groups is 2. The lowest BCUT2D eigenvalue weighted by Crippen LogP contribution is -2.04. The van der Waals surface area contributed by atoms with Gasteiger partial charge in [0.2, 0.25) is 0 Å². The molecule has 0 radical (unpaired) electrons. The first-order valence-electron chi connectivity index (χ1n) is 3.77. The minimum atomic E-state index is -0.936. The minimum absolute atomic E-state index is 0.321. The molecule has 1 unspecified atom stereocenters. The van der Waals surface area contributed by atoms with E-state index >= 15 is 0 Å². The van der Waals surface area contributed by atoms with E-state index in [0.29, 0.717) is 11.7 Å². The maximum absolute atomic E-state index is 9.16. The Kier molecular flexibility index (Phi) is 3.13. The van der Waals surface area contributed by atoms with E-state index in [-0.39, 0.29) is 6.61 Å². The first kappa shape index (κ1) is 9.57. The summed E-state index contributed by atoms with van der Waals surface area (Å²) in [4.78, 5) is 4.08. The molecule has 0 fully saturated rings. The van der Waals surface area contributed by atoms with Crippen molar-refractivity contribution < 1.29 is 10.2 Å². The molecule has 0 spiro atoms. The fraction of sp³-hybridized carbons (Fsp3) is 0.714. The third-order valence-corrected chi connectivity index (χ3v) is 2.45. The third-order valence-electron chi connectivity index (χ3n) is 1.42. The van der Waals surface area contributed by atoms with Crippen molar-refractivity contribution in [2.24, 2.45) is 0 Å². The number of rotatable bonds is 3. The fourth-order valence-corrected chi connectivity index (χ4v) is 1.39. The standard InChI is InChI=1S/C7H12N2O2S/c1-4(2)7-8-6(9-12-7)5(11)3-10/h4-5,10-11H,3H2,1-2H3. The molecular weight excluding hydrogens is 176 g/mol. The Labute approximate surface area is 75.1 Å². The molecule has 0 aliphatic rings. The SMILES string of the molecule is CC(C)c1nc(C(O)CO)ns1. The van der Waals surface area contributed by atoms with Gasteiger partial charge in [0, 0.05) is 5.92 Å². The molecule has 0 bridgehead atoms. The zero-order chi connectivity index (χ0) is 9.14. The first-order valence-corrected chi connectivity index (χ1v) is 4.55. The number of hydrogen-bond acceptors (Lipinski definition) is 5. The summed E-state index contributed by atoms with van der Waals surface area (Å²) in [7, 11) is 0. The Morgan fingerprint density at radius 1 is 1.50 bits per heavy atom. The van der Waals surface area contributed by atoms with Crippen LogP contribution in [0.4, 0.5) is 0 Å². The van der Waals surface area contributed by atoms with Gasteiger partial charge in [0.25, 0.3) is 0 Å². The predicted molar refractivity (Wildman–Crippen MR) is 46.0 cm³/mol. The molecule has 1 aromatic heterocycles. The highest BCUT2D eigenvalue weighted by atomic mass is 32.1. The quantitative estimate of drug-likeness (QED) is 0.732. The van der Waals surface area contributed by atoms with Gasteiger partial charge in [-0.1, -0.05) is 13.8 Å². The van der Waals surface area contributed by atoms with Gasteiger partial charge < -0.3 is 10.2 Å². The zero-order valence-electron chi connectivity index (χ0n) is 7.06. The number of hydrogen-bond donors (Lipinski definition) is 2. The third kappa shape index (κ3) is 2.00. The molecule has 0 amide bonds. The summed E-state index contributed by atoms with van der Waals surface area (Å²) in [5.41, 5.74) is 0. The van der Waals surface area contributed by atoms with E-state index in [1.54, 1.807) is 0 Å². The molecule has 0 aliphatic carbocycles. The maximum atomic E-state index is 9.16. The number of nitrogens with zero attached hydrogens (tertiary/aromatic N) is 2. The predicted octanol–water partition coefficient (Wildman–Crippen LogP) is 0.687. The van der Waals surface area contributed by atoms with Gasteiger partial charge in [-0.15, -0.1) is 0 Å². The summed E-state index contributed by atoms with van der Waals surface area (Å²) in [5.74, 6) is 0.647. The Balaban J connectivity index is 2.77. The lowest BCUT2D eigenvalue weighted by molar-refractivity contribution is 0.0894. The largest absolute Gasteiger partial charge is 0.393 e. The van der Waals surface area contributed by atoms with Gasteiger partial charge in [-0.25, -0.2) is 4.98 Å². The summed E-state index contributed by atoms with van der Waals surface area (Å²) in [6, 6.07) is 0. The molecule has 12 heavy (non-hydrogen) atoms. The van der Waals surface area contributed by atoms with E-state index in [9.17, 15) is 0 Å². The smallest absolute Gasteiger partial charge is 0.173 e. The van der Waals surface area contributed by atoms with Gasteiger partial charge in [-0.2, -0.15) is 4.37 Å². The highest BCUT2D eigenvalue weighted by Crippen LogP contribution is 2.18. The fourth-order valence-electron chi connectivity index (χ4n) is 0.699. The molecule has 0 aromatic carbocycles. The van der Waals surface area contributed by atoms with E-state index in [1.807, 2.05) is 13.8 Å². The molecule has 4 nitrogen and oxygen atoms in total. The van der Waals surface area contributed by atoms with Crippen LogP contribution in [0.15, 0.2) is 0 Å². The maximum Gasteiger partial charge on any atom is 0.173 e. The normalized spacial score (nSPS) is 13.8. The molecule has 1 aromatic rings. The van der Waals surface area contributed by atoms with Crippen LogP contribution in [0.25, 0.3) is 0 Å². The van der Waals surface area contributed by atoms with Gasteiger partial charge in [-0.3, -0.25) is 0 Å². The highest BCUT2D eigenvalue weighted by molar-refractivity contribution is 7.05. The topological polar surface area (TPSA) is 66.2 Å². The first-order chi connectivity index (χ1) is 5.65. The number of aromatic nitrogens is 2. The van der Waals surface area contributed by atoms with Crippen LogP contribution in [0.2, 0.25) is 0 Å². The Morgan fingerprint density at radius 2 is 2.17 bits per heavy atom. The molecule has 0 saturated carbocycles. The Morgan fingerprint density at radius 3 is 2.58 bits per heavy atom. The summed E-state index contributed by atoms with van der Waals surface area (Å²) >= 11 is 1.27. The highest BCUT2D eigenvalue weighted by Gasteiger charge is 2.13. The van der Waals surface area contributed by atoms with Gasteiger partial charge in [0.15, 0.2) is 5.82 Å². The lowest BCUT2D eigenvalue weighted by atomic mass is 10.2. The molecule has 1 rings (SSSR count). The summed E-state index contributed by atoms with van der Waals surface area (Å²) in [5, 5.41) is 18.7. The van der Waals surface area contributed by atoms with Crippen LogP contribution in [0, 0.1) is 0 Å². The van der Waals surface area contributed by atoms with Crippen molar-refractivity contribution in [3.8, 4) is 0 Å². The van der Waals surface area contributed by atoms with Crippen molar-refractivity contribution in [3.05, 3.63) is 10.8 Å². The van der Waals surface area contributed by atoms with Crippen LogP contribution >= 0.6 is 11.5 Å². The van der Waals surface area contributed by atoms with Gasteiger partial charge >= 0.3 is 0 Å². The van der Waals surface area contributed by atoms with E-state index in [2.05, 4.69) is 9.36 Å². The average Bonchev–Trinajstić information content (AvgIpc) is 2.51. The van der Waals surface area contributed by atoms with E-state index in [0.717, 1.165) is 5.01 Å². The monoisotopic (exact) mass is 188 g/mol. The molecule has 68 valence electrons. The Bertz CT molecular complexity index is 249. The van der Waals surface area contributed by atoms with Gasteiger partial charge in [0.05, 0.1) is 6.61 Å². The average molecular weight is 188 g/mol. The van der Waals surface area contributed by atoms with Crippen LogP contribution in [0.5, 0.6) is 0 Å². The molecule has 0 aliphatic heterocycles. The van der Waals surface area contributed by atoms with Crippen molar-refractivity contribution in [1.82, 2.24) is 9.36 Å². The van der Waals surface area contributed by atoms with Crippen molar-refractivity contribution in [2.45, 2.75) is 25.9 Å². The summed E-state index contributed by atoms with van der Waals surface area (Å²) in [6.45, 7) is 3.69. The van der Waals surface area contributed by atoms with Crippen molar-refractivity contribution in [2.75, 3.05) is 6.61 Å². The summed E-state index contributed by atoms with van der Waals surface area (Å²) < 4.78 is 3.93. The van der Waals surface area contributed by atoms with Crippen LogP contribution < -0.4 is 0 Å².